The maximum Gasteiger partial charge on any atom is 0.332 e. The Bertz CT molecular complexity index is 1100. The zero-order chi connectivity index (χ0) is 21.3. The van der Waals surface area contributed by atoms with Crippen molar-refractivity contribution in [3.05, 3.63) is 49.8 Å². The summed E-state index contributed by atoms with van der Waals surface area (Å²) in [5, 5.41) is 2.95. The monoisotopic (exact) mass is 401 g/mol. The summed E-state index contributed by atoms with van der Waals surface area (Å²) < 4.78 is 18.3. The number of nitrogens with zero attached hydrogens (tertiary/aromatic N) is 2. The first-order valence-corrected chi connectivity index (χ1v) is 9.05. The van der Waals surface area contributed by atoms with E-state index in [0.29, 0.717) is 35.8 Å². The van der Waals surface area contributed by atoms with Crippen LogP contribution in [0.4, 0.5) is 5.82 Å². The molecule has 0 amide bonds. The highest BCUT2D eigenvalue weighted by Gasteiger charge is 2.32. The van der Waals surface area contributed by atoms with Gasteiger partial charge in [0.15, 0.2) is 11.5 Å². The van der Waals surface area contributed by atoms with Crippen molar-refractivity contribution in [2.75, 3.05) is 26.6 Å². The van der Waals surface area contributed by atoms with Crippen LogP contribution in [0.3, 0.4) is 0 Å². The predicted molar refractivity (Wildman–Crippen MR) is 108 cm³/mol. The van der Waals surface area contributed by atoms with Gasteiger partial charge in [-0.1, -0.05) is 6.92 Å². The number of fused-ring (bicyclic) bond motifs is 1. The molecular formula is C20H23N3O6. The number of hydrogen-bond donors (Lipinski definition) is 1. The van der Waals surface area contributed by atoms with Crippen molar-refractivity contribution in [2.45, 2.75) is 19.9 Å². The molecule has 0 saturated heterocycles. The third-order valence-corrected chi connectivity index (χ3v) is 4.71. The highest BCUT2D eigenvalue weighted by atomic mass is 16.5. The van der Waals surface area contributed by atoms with Crippen LogP contribution in [0.2, 0.25) is 0 Å². The van der Waals surface area contributed by atoms with Crippen LogP contribution in [0, 0.1) is 0 Å². The number of methoxy groups -OCH3 is 3. The van der Waals surface area contributed by atoms with Crippen molar-refractivity contribution >= 4 is 17.7 Å². The summed E-state index contributed by atoms with van der Waals surface area (Å²) in [6, 6.07) is 3.37. The van der Waals surface area contributed by atoms with Crippen LogP contribution in [-0.4, -0.2) is 36.2 Å². The van der Waals surface area contributed by atoms with E-state index < -0.39 is 17.0 Å². The Morgan fingerprint density at radius 2 is 1.66 bits per heavy atom. The van der Waals surface area contributed by atoms with Crippen molar-refractivity contribution in [3.8, 4) is 17.2 Å². The lowest BCUT2D eigenvalue weighted by Crippen LogP contribution is -2.40. The van der Waals surface area contributed by atoms with E-state index in [1.54, 1.807) is 18.2 Å². The number of benzene rings is 1. The van der Waals surface area contributed by atoms with E-state index >= 15 is 0 Å². The molecule has 0 spiro atoms. The molecule has 0 saturated carbocycles. The molecule has 2 heterocycles. The van der Waals surface area contributed by atoms with Gasteiger partial charge >= 0.3 is 5.69 Å². The second-order valence-corrected chi connectivity index (χ2v) is 6.49. The Balaban J connectivity index is 2.15. The van der Waals surface area contributed by atoms with Crippen LogP contribution in [0.5, 0.6) is 17.2 Å². The Labute approximate surface area is 167 Å². The number of Topliss-reactive ketones (excluding diaryl/α,β-unsaturated/α-hetero) is 1. The fraction of sp³-hybridized carbons (Fsp3) is 0.350. The molecule has 29 heavy (non-hydrogen) atoms. The molecular weight excluding hydrogens is 378 g/mol. The van der Waals surface area contributed by atoms with E-state index in [9.17, 15) is 14.4 Å². The molecule has 1 aliphatic heterocycles. The summed E-state index contributed by atoms with van der Waals surface area (Å²) in [7, 11) is 5.86. The number of hydrogen-bond acceptors (Lipinski definition) is 7. The van der Waals surface area contributed by atoms with E-state index in [1.807, 2.05) is 6.92 Å². The number of carbonyl (C=O) groups is 1. The molecule has 0 fully saturated rings. The first-order chi connectivity index (χ1) is 13.9. The van der Waals surface area contributed by atoms with E-state index in [1.165, 1.54) is 32.9 Å². The molecule has 0 unspecified atom stereocenters. The first kappa shape index (κ1) is 20.2. The van der Waals surface area contributed by atoms with Crippen LogP contribution in [0.15, 0.2) is 27.4 Å². The molecule has 1 N–H and O–H groups in total. The highest BCUT2D eigenvalue weighted by Crippen LogP contribution is 2.39. The average Bonchev–Trinajstić information content (AvgIpc) is 3.04. The minimum atomic E-state index is -0.622. The maximum absolute atomic E-state index is 12.9. The molecule has 3 rings (SSSR count). The number of ketones is 1. The van der Waals surface area contributed by atoms with Gasteiger partial charge in [-0.2, -0.15) is 0 Å². The second-order valence-electron chi connectivity index (χ2n) is 6.49. The van der Waals surface area contributed by atoms with Crippen molar-refractivity contribution in [1.29, 1.82) is 0 Å². The highest BCUT2D eigenvalue weighted by molar-refractivity contribution is 6.19. The molecule has 1 aliphatic rings. The fourth-order valence-electron chi connectivity index (χ4n) is 3.31. The van der Waals surface area contributed by atoms with E-state index in [4.69, 9.17) is 14.2 Å². The minimum Gasteiger partial charge on any atom is -0.493 e. The Morgan fingerprint density at radius 1 is 1.03 bits per heavy atom. The second kappa shape index (κ2) is 7.86. The first-order valence-electron chi connectivity index (χ1n) is 9.05. The molecule has 2 aromatic rings. The van der Waals surface area contributed by atoms with Crippen molar-refractivity contribution < 1.29 is 19.0 Å². The number of allylic oxidation sites excluding steroid dienone is 1. The quantitative estimate of drug-likeness (QED) is 0.734. The van der Waals surface area contributed by atoms with Gasteiger partial charge in [0.25, 0.3) is 5.56 Å². The molecule has 9 heteroatoms. The zero-order valence-corrected chi connectivity index (χ0v) is 17.0. The third-order valence-electron chi connectivity index (χ3n) is 4.71. The van der Waals surface area contributed by atoms with Crippen LogP contribution < -0.4 is 30.8 Å². The number of ether oxygens (including phenoxy) is 3. The SMILES string of the molecule is CCCn1c2c(c(=O)n(C)c1=O)C(=O)/C(=C\c1cc(OC)c(OC)c(OC)c1)N2. The summed E-state index contributed by atoms with van der Waals surface area (Å²) in [6.07, 6.45) is 2.25. The van der Waals surface area contributed by atoms with Gasteiger partial charge in [0, 0.05) is 13.6 Å². The lowest BCUT2D eigenvalue weighted by atomic mass is 10.1. The van der Waals surface area contributed by atoms with Gasteiger partial charge in [-0.3, -0.25) is 18.7 Å². The number of rotatable bonds is 6. The largest absolute Gasteiger partial charge is 0.493 e. The number of aromatic nitrogens is 2. The maximum atomic E-state index is 12.9. The molecule has 9 nitrogen and oxygen atoms in total. The number of nitrogens with one attached hydrogen (secondary N) is 1. The predicted octanol–water partition coefficient (Wildman–Crippen LogP) is 1.63. The molecule has 0 aliphatic carbocycles. The normalized spacial score (nSPS) is 14.0. The topological polar surface area (TPSA) is 101 Å². The molecule has 1 aromatic heterocycles. The van der Waals surface area contributed by atoms with Crippen LogP contribution in [-0.2, 0) is 13.6 Å². The summed E-state index contributed by atoms with van der Waals surface area (Å²) in [5.41, 5.74) is -0.349. The third kappa shape index (κ3) is 3.28. The van der Waals surface area contributed by atoms with Crippen molar-refractivity contribution in [3.63, 3.8) is 0 Å². The van der Waals surface area contributed by atoms with E-state index in [2.05, 4.69) is 5.32 Å². The fourth-order valence-corrected chi connectivity index (χ4v) is 3.31. The standard InChI is InChI=1S/C20H23N3O6/c1-6-7-23-18-15(19(25)22(2)20(23)26)16(24)12(21-18)8-11-9-13(27-3)17(29-5)14(10-11)28-4/h8-10,21H,6-7H2,1-5H3/b12-8+. The van der Waals surface area contributed by atoms with Gasteiger partial charge in [0.05, 0.1) is 27.0 Å². The minimum absolute atomic E-state index is 0.0424. The van der Waals surface area contributed by atoms with Gasteiger partial charge < -0.3 is 19.5 Å². The van der Waals surface area contributed by atoms with Crippen molar-refractivity contribution in [1.82, 2.24) is 9.13 Å². The Hall–Kier alpha value is -3.49. The zero-order valence-electron chi connectivity index (χ0n) is 17.0. The van der Waals surface area contributed by atoms with Crippen LogP contribution in [0.25, 0.3) is 6.08 Å². The summed E-state index contributed by atoms with van der Waals surface area (Å²) >= 11 is 0. The molecule has 0 radical (unpaired) electrons. The molecule has 0 bridgehead atoms. The summed E-state index contributed by atoms with van der Waals surface area (Å²) in [4.78, 5) is 37.9. The summed E-state index contributed by atoms with van der Waals surface area (Å²) in [6.45, 7) is 2.29. The van der Waals surface area contributed by atoms with Gasteiger partial charge in [0.1, 0.15) is 11.4 Å². The van der Waals surface area contributed by atoms with Crippen LogP contribution >= 0.6 is 0 Å². The Morgan fingerprint density at radius 3 is 2.17 bits per heavy atom. The molecule has 0 atom stereocenters. The lowest BCUT2D eigenvalue weighted by Gasteiger charge is -2.13. The number of anilines is 1. The smallest absolute Gasteiger partial charge is 0.332 e. The summed E-state index contributed by atoms with van der Waals surface area (Å²) in [5.74, 6) is 1.04. The number of carbonyl (C=O) groups excluding carboxylic acids is 1. The van der Waals surface area contributed by atoms with E-state index in [0.717, 1.165) is 4.57 Å². The van der Waals surface area contributed by atoms with Gasteiger partial charge in [-0.15, -0.1) is 0 Å². The van der Waals surface area contributed by atoms with Crippen LogP contribution in [0.1, 0.15) is 29.3 Å². The van der Waals surface area contributed by atoms with E-state index in [-0.39, 0.29) is 17.1 Å². The van der Waals surface area contributed by atoms with Gasteiger partial charge in [-0.25, -0.2) is 4.79 Å². The molecule has 154 valence electrons. The lowest BCUT2D eigenvalue weighted by molar-refractivity contribution is 0.104. The Kier molecular flexibility index (Phi) is 5.49. The average molecular weight is 401 g/mol. The van der Waals surface area contributed by atoms with Gasteiger partial charge in [0.2, 0.25) is 11.5 Å². The van der Waals surface area contributed by atoms with Gasteiger partial charge in [-0.05, 0) is 30.2 Å². The molecule has 1 aromatic carbocycles. The van der Waals surface area contributed by atoms with Crippen molar-refractivity contribution in [2.24, 2.45) is 7.05 Å².